The topological polar surface area (TPSA) is 9.23 Å². The van der Waals surface area contributed by atoms with Crippen LogP contribution < -0.4 is 0 Å². The van der Waals surface area contributed by atoms with Crippen molar-refractivity contribution < 1.29 is 173 Å². The average Bonchev–Trinajstić information content (AvgIpc) is 3.11. The van der Waals surface area contributed by atoms with Crippen molar-refractivity contribution in [2.24, 2.45) is 0 Å². The Morgan fingerprint density at radius 3 is 0.408 bits per heavy atom. The molecular weight excluding hydrogens is 2120 g/mol. The summed E-state index contributed by atoms with van der Waals surface area (Å²) in [6.45, 7) is 49.8. The predicted octanol–water partition coefficient (Wildman–Crippen LogP) is 15.2. The second kappa shape index (κ2) is 920. The van der Waals surface area contributed by atoms with Gasteiger partial charge in [0, 0.05) is 182 Å². The minimum Gasteiger partial charge on any atom is -0.385 e. The van der Waals surface area contributed by atoms with E-state index in [1.165, 1.54) is 19.3 Å². The summed E-state index contributed by atoms with van der Waals surface area (Å²) in [6, 6.07) is 0. The van der Waals surface area contributed by atoms with Crippen molar-refractivity contribution in [3.05, 3.63) is 0 Å². The van der Waals surface area contributed by atoms with Crippen LogP contribution in [0.3, 0.4) is 0 Å². The van der Waals surface area contributed by atoms with E-state index in [-0.39, 0.29) is 183 Å². The van der Waals surface area contributed by atoms with Crippen LogP contribution in [0.2, 0.25) is 0 Å². The number of methoxy groups -OCH3 is 1. The molecule has 0 aliphatic carbocycles. The summed E-state index contributed by atoms with van der Waals surface area (Å²) in [5.74, 6) is 0. The molecule has 0 aliphatic rings. The van der Waals surface area contributed by atoms with Crippen LogP contribution in [0.15, 0.2) is 0 Å². The second-order valence-corrected chi connectivity index (χ2v) is 1.93. The molecule has 49 heavy (non-hydrogen) atoms. The minimum absolute atomic E-state index is 0. The van der Waals surface area contributed by atoms with Gasteiger partial charge >= 0.3 is 0 Å². The van der Waals surface area contributed by atoms with Gasteiger partial charge in [0.2, 0.25) is 0 Å². The molecule has 0 N–H and O–H groups in total. The Kier molecular flexibility index (Phi) is 2330. The first-order chi connectivity index (χ1) is 22.6. The van der Waals surface area contributed by atoms with Crippen molar-refractivity contribution in [2.75, 3.05) is 67.0 Å². The maximum atomic E-state index is 6.24. The smallest absolute Gasteiger partial charge is 0.0543 e. The van der Waals surface area contributed by atoms with E-state index in [9.17, 15) is 0 Å². The van der Waals surface area contributed by atoms with Crippen molar-refractivity contribution in [1.29, 1.82) is 10.2 Å². The van der Waals surface area contributed by atoms with Crippen LogP contribution >= 0.6 is 73.5 Å². The summed E-state index contributed by atoms with van der Waals surface area (Å²) in [5.41, 5.74) is 0. The average molecular weight is 2250 g/mol. The van der Waals surface area contributed by atoms with Gasteiger partial charge in [-0.2, -0.15) is 0 Å². The van der Waals surface area contributed by atoms with E-state index < -0.39 is 0 Å². The summed E-state index contributed by atoms with van der Waals surface area (Å²) < 4.78 is 54.4. The van der Waals surface area contributed by atoms with Gasteiger partial charge in [0.15, 0.2) is 0 Å². The van der Waals surface area contributed by atoms with E-state index in [0.29, 0.717) is 73.5 Å². The molecule has 8 atom stereocenters. The quantitative estimate of drug-likeness (QED) is 0.256. The summed E-state index contributed by atoms with van der Waals surface area (Å²) in [7, 11) is 4.35. The molecule has 0 amide bonds. The van der Waals surface area contributed by atoms with Gasteiger partial charge in [0.05, 0.1) is 10.2 Å². The van der Waals surface area contributed by atoms with Crippen molar-refractivity contribution in [3.8, 4) is 0 Å². The number of unbranched alkanes of at least 4 members (excludes halogenated alkanes) is 2. The van der Waals surface area contributed by atoms with Crippen molar-refractivity contribution in [1.82, 2.24) is 0 Å². The van der Waals surface area contributed by atoms with E-state index in [4.69, 9.17) is 10.2 Å². The van der Waals surface area contributed by atoms with E-state index in [2.05, 4.69) is 18.6 Å². The van der Waals surface area contributed by atoms with Crippen LogP contribution in [-0.4, -0.2) is 77.3 Å². The van der Waals surface area contributed by atoms with Gasteiger partial charge in [-0.25, -0.2) is 0 Å². The first-order valence-electron chi connectivity index (χ1n) is 18.8. The van der Waals surface area contributed by atoms with Crippen molar-refractivity contribution >= 4 is 73.5 Å². The fraction of sp³-hybridized carbons (Fsp3) is 1.00. The van der Waals surface area contributed by atoms with Gasteiger partial charge in [0.25, 0.3) is 0 Å². The van der Waals surface area contributed by atoms with Gasteiger partial charge in [-0.05, 0) is 6.92 Å². The van der Waals surface area contributed by atoms with Crippen LogP contribution in [-0.2, 0) is 173 Å². The fourth-order valence-electron chi connectivity index (χ4n) is 0.354. The normalized spacial score (nSPS) is 7.39. The largest absolute Gasteiger partial charge is 0.385 e. The molecule has 0 heterocycles. The molecule has 332 valence electrons. The predicted molar refractivity (Wildman–Crippen MR) is 261 cm³/mol. The monoisotopic (exact) mass is 2250 g/mol. The Balaban J connectivity index is -0.00000000669. The first-order valence-corrected chi connectivity index (χ1v) is 22.8. The standard InChI is InChI=1S/C5H12.C3H8O.7C2H6.8CH5P.2CH4.8W/c1-3-5-4-2;1-3-4-2;15*1-2;;;;;;;;;;/h3-5H2,1-2H3;3H2,1-2H3;7*1-2H3;8*2H2,1H3;2*1H4;;;;;;;;/i;;;;;;;;;8*2T;;;;;;;;;;. The Morgan fingerprint density at radius 2 is 0.408 bits per heavy atom. The zero-order chi connectivity index (χ0) is 43.2. The molecular formula is C32H110OP8W8. The number of hydrogen-bond acceptors (Lipinski definition) is 1. The Labute approximate surface area is 469 Å². The van der Waals surface area contributed by atoms with Crippen LogP contribution in [0.25, 0.3) is 0 Å². The SMILES string of the molecule is C.C.CC.CC.CC.CC.CC.CC.CC.CCCCC.CCOC.[3H]PC.[3H]PC.[3H]PC.[3H]PC.[3H]PC.[3H]PC.[3H]PC.[3H]PC.[W].[W].[W].[W].[W].[W].[W].[W]. The molecule has 0 saturated carbocycles. The summed E-state index contributed by atoms with van der Waals surface area (Å²) in [4.78, 5) is 0. The first kappa shape index (κ1) is 124. The summed E-state index contributed by atoms with van der Waals surface area (Å²) >= 11 is 0. The summed E-state index contributed by atoms with van der Waals surface area (Å²) in [6.07, 6.45) is 4.08. The number of hydrogen-bond donors (Lipinski definition) is 0. The molecule has 0 spiro atoms. The third-order valence-electron chi connectivity index (χ3n) is 0.996. The van der Waals surface area contributed by atoms with Gasteiger partial charge in [-0.3, -0.25) is 0 Å². The zero-order valence-corrected chi connectivity index (χ0v) is 68.0. The molecule has 17 heteroatoms. The molecule has 0 aromatic carbocycles. The molecule has 0 aliphatic heterocycles. The van der Waals surface area contributed by atoms with E-state index >= 15 is 0 Å². The van der Waals surface area contributed by atoms with Crippen LogP contribution in [0.5, 0.6) is 0 Å². The third kappa shape index (κ3) is 1210. The van der Waals surface area contributed by atoms with Gasteiger partial charge in [-0.1, -0.05) is 198 Å². The Bertz CT molecular complexity index is 169. The van der Waals surface area contributed by atoms with Gasteiger partial charge in [-0.15, -0.1) is 73.5 Å². The molecule has 0 fully saturated rings. The molecule has 0 bridgehead atoms. The Hall–Kier alpha value is 8.91. The zero-order valence-electron chi connectivity index (χ0n) is 44.5. The number of ether oxygens (including phenoxy) is 1. The van der Waals surface area contributed by atoms with Crippen molar-refractivity contribution in [3.63, 3.8) is 0 Å². The Morgan fingerprint density at radius 1 is 0.347 bits per heavy atom. The number of rotatable bonds is 3. The molecule has 0 radical (unpaired) electrons. The van der Waals surface area contributed by atoms with E-state index in [1.807, 2.05) is 157 Å². The van der Waals surface area contributed by atoms with Gasteiger partial charge < -0.3 is 4.74 Å². The minimum atomic E-state index is 0. The van der Waals surface area contributed by atoms with Crippen LogP contribution in [0.4, 0.5) is 0 Å². The molecule has 8 unspecified atom stereocenters. The fourth-order valence-corrected chi connectivity index (χ4v) is 0.354. The maximum Gasteiger partial charge on any atom is 0.0543 e. The second-order valence-electron chi connectivity index (χ2n) is 1.93. The molecule has 0 aromatic rings. The molecule has 1 nitrogen and oxygen atoms in total. The third-order valence-corrected chi connectivity index (χ3v) is 0.996. The van der Waals surface area contributed by atoms with E-state index in [0.717, 1.165) is 6.61 Å². The van der Waals surface area contributed by atoms with Gasteiger partial charge in [0.1, 0.15) is 0 Å². The van der Waals surface area contributed by atoms with Crippen molar-refractivity contribution in [2.45, 2.75) is 152 Å². The van der Waals surface area contributed by atoms with Crippen LogP contribution in [0.1, 0.15) is 152 Å². The van der Waals surface area contributed by atoms with E-state index in [1.54, 1.807) is 7.11 Å². The molecule has 0 saturated heterocycles. The summed E-state index contributed by atoms with van der Waals surface area (Å²) in [5, 5.41) is 0. The maximum absolute atomic E-state index is 6.24. The van der Waals surface area contributed by atoms with Crippen LogP contribution in [0, 0.1) is 0 Å². The molecule has 0 rings (SSSR count). The molecule has 0 aromatic heterocycles.